The van der Waals surface area contributed by atoms with E-state index < -0.39 is 0 Å². The van der Waals surface area contributed by atoms with Gasteiger partial charge < -0.3 is 14.5 Å². The fourth-order valence-electron chi connectivity index (χ4n) is 1.96. The third-order valence-corrected chi connectivity index (χ3v) is 2.91. The number of ether oxygens (including phenoxy) is 2. The van der Waals surface area contributed by atoms with Gasteiger partial charge in [-0.1, -0.05) is 6.07 Å². The number of rotatable bonds is 2. The zero-order chi connectivity index (χ0) is 11.7. The summed E-state index contributed by atoms with van der Waals surface area (Å²) in [5.41, 5.74) is 3.37. The normalized spacial score (nSPS) is 13.7. The Morgan fingerprint density at radius 1 is 1.24 bits per heavy atom. The Balaban J connectivity index is 1.87. The van der Waals surface area contributed by atoms with Gasteiger partial charge in [-0.05, 0) is 24.6 Å². The van der Waals surface area contributed by atoms with Gasteiger partial charge >= 0.3 is 0 Å². The number of imidazole rings is 1. The predicted octanol–water partition coefficient (Wildman–Crippen LogP) is 2.08. The zero-order valence-electron chi connectivity index (χ0n) is 9.69. The van der Waals surface area contributed by atoms with Gasteiger partial charge in [0.1, 0.15) is 13.2 Å². The lowest BCUT2D eigenvalue weighted by atomic mass is 10.1. The number of nitrogens with one attached hydrogen (secondary N) is 1. The topological polar surface area (TPSA) is 47.1 Å². The molecule has 0 saturated heterocycles. The minimum absolute atomic E-state index is 0.623. The van der Waals surface area contributed by atoms with E-state index >= 15 is 0 Å². The summed E-state index contributed by atoms with van der Waals surface area (Å²) in [4.78, 5) is 7.38. The molecular weight excluding hydrogens is 216 g/mol. The van der Waals surface area contributed by atoms with Crippen LogP contribution in [0.5, 0.6) is 11.5 Å². The number of hydrogen-bond donors (Lipinski definition) is 1. The number of H-pyrrole nitrogens is 1. The summed E-state index contributed by atoms with van der Waals surface area (Å²) in [6.45, 7) is 3.28. The highest BCUT2D eigenvalue weighted by molar-refractivity contribution is 5.44. The molecule has 0 atom stereocenters. The van der Waals surface area contributed by atoms with Crippen LogP contribution >= 0.6 is 0 Å². The Labute approximate surface area is 99.6 Å². The summed E-state index contributed by atoms with van der Waals surface area (Å²) in [6, 6.07) is 6.05. The molecule has 1 aliphatic rings. The maximum Gasteiger partial charge on any atom is 0.161 e. The minimum atomic E-state index is 0.623. The second-order valence-electron chi connectivity index (χ2n) is 4.13. The van der Waals surface area contributed by atoms with Crippen LogP contribution in [0.2, 0.25) is 0 Å². The molecule has 0 amide bonds. The Morgan fingerprint density at radius 3 is 2.82 bits per heavy atom. The number of benzene rings is 1. The van der Waals surface area contributed by atoms with E-state index in [1.807, 2.05) is 19.1 Å². The summed E-state index contributed by atoms with van der Waals surface area (Å²) >= 11 is 0. The van der Waals surface area contributed by atoms with Gasteiger partial charge in [0.2, 0.25) is 0 Å². The van der Waals surface area contributed by atoms with Crippen molar-refractivity contribution in [2.24, 2.45) is 0 Å². The fourth-order valence-corrected chi connectivity index (χ4v) is 1.96. The summed E-state index contributed by atoms with van der Waals surface area (Å²) < 4.78 is 11.1. The standard InChI is InChI=1S/C13H14N2O2/c1-9-11(15-8-14-9)6-10-2-3-12-13(7-10)17-5-4-16-12/h2-3,7-8H,4-6H2,1H3,(H,14,15). The highest BCUT2D eigenvalue weighted by Crippen LogP contribution is 2.31. The van der Waals surface area contributed by atoms with Crippen molar-refractivity contribution in [3.05, 3.63) is 41.5 Å². The summed E-state index contributed by atoms with van der Waals surface area (Å²) in [5.74, 6) is 1.67. The van der Waals surface area contributed by atoms with Crippen LogP contribution in [0.4, 0.5) is 0 Å². The molecule has 17 heavy (non-hydrogen) atoms. The molecule has 2 aromatic rings. The van der Waals surface area contributed by atoms with E-state index in [1.165, 1.54) is 5.56 Å². The fraction of sp³-hybridized carbons (Fsp3) is 0.308. The first kappa shape index (κ1) is 10.2. The van der Waals surface area contributed by atoms with E-state index in [2.05, 4.69) is 16.0 Å². The Hall–Kier alpha value is -1.97. The maximum atomic E-state index is 5.56. The molecule has 0 spiro atoms. The Kier molecular flexibility index (Phi) is 2.48. The van der Waals surface area contributed by atoms with E-state index in [-0.39, 0.29) is 0 Å². The number of aryl methyl sites for hydroxylation is 1. The number of fused-ring (bicyclic) bond motifs is 1. The lowest BCUT2D eigenvalue weighted by Crippen LogP contribution is -2.15. The maximum absolute atomic E-state index is 5.56. The summed E-state index contributed by atoms with van der Waals surface area (Å²) in [7, 11) is 0. The molecule has 88 valence electrons. The number of hydrogen-bond acceptors (Lipinski definition) is 3. The number of nitrogens with zero attached hydrogens (tertiary/aromatic N) is 1. The molecule has 1 aromatic heterocycles. The third-order valence-electron chi connectivity index (χ3n) is 2.91. The van der Waals surface area contributed by atoms with Crippen LogP contribution in [-0.4, -0.2) is 23.2 Å². The molecule has 3 rings (SSSR count). The molecular formula is C13H14N2O2. The van der Waals surface area contributed by atoms with Gasteiger partial charge in [-0.25, -0.2) is 4.98 Å². The average Bonchev–Trinajstić information content (AvgIpc) is 2.75. The van der Waals surface area contributed by atoms with Crippen molar-refractivity contribution in [2.75, 3.05) is 13.2 Å². The minimum Gasteiger partial charge on any atom is -0.486 e. The summed E-state index contributed by atoms with van der Waals surface area (Å²) in [6.07, 6.45) is 2.54. The highest BCUT2D eigenvalue weighted by atomic mass is 16.6. The monoisotopic (exact) mass is 230 g/mol. The first-order valence-electron chi connectivity index (χ1n) is 5.70. The largest absolute Gasteiger partial charge is 0.486 e. The van der Waals surface area contributed by atoms with Crippen molar-refractivity contribution in [3.8, 4) is 11.5 Å². The highest BCUT2D eigenvalue weighted by Gasteiger charge is 2.12. The van der Waals surface area contributed by atoms with E-state index in [9.17, 15) is 0 Å². The lowest BCUT2D eigenvalue weighted by Gasteiger charge is -2.18. The molecule has 0 fully saturated rings. The van der Waals surface area contributed by atoms with Crippen molar-refractivity contribution in [1.82, 2.24) is 9.97 Å². The quantitative estimate of drug-likeness (QED) is 0.859. The van der Waals surface area contributed by atoms with Crippen LogP contribution in [0.15, 0.2) is 24.5 Å². The van der Waals surface area contributed by atoms with Crippen LogP contribution in [0.25, 0.3) is 0 Å². The van der Waals surface area contributed by atoms with Crippen molar-refractivity contribution in [3.63, 3.8) is 0 Å². The predicted molar refractivity (Wildman–Crippen MR) is 63.6 cm³/mol. The Morgan fingerprint density at radius 2 is 2.06 bits per heavy atom. The van der Waals surface area contributed by atoms with Gasteiger partial charge in [-0.3, -0.25) is 0 Å². The smallest absolute Gasteiger partial charge is 0.161 e. The molecule has 0 radical (unpaired) electrons. The molecule has 0 saturated carbocycles. The third kappa shape index (κ3) is 1.98. The second-order valence-corrected chi connectivity index (χ2v) is 4.13. The molecule has 1 aliphatic heterocycles. The van der Waals surface area contributed by atoms with Crippen molar-refractivity contribution in [1.29, 1.82) is 0 Å². The van der Waals surface area contributed by atoms with Crippen LogP contribution < -0.4 is 9.47 Å². The van der Waals surface area contributed by atoms with Crippen molar-refractivity contribution in [2.45, 2.75) is 13.3 Å². The molecule has 2 heterocycles. The molecule has 1 aromatic carbocycles. The zero-order valence-corrected chi connectivity index (χ0v) is 9.69. The van der Waals surface area contributed by atoms with E-state index in [0.29, 0.717) is 13.2 Å². The van der Waals surface area contributed by atoms with E-state index in [4.69, 9.17) is 9.47 Å². The average molecular weight is 230 g/mol. The molecule has 4 nitrogen and oxygen atoms in total. The van der Waals surface area contributed by atoms with Crippen molar-refractivity contribution < 1.29 is 9.47 Å². The molecule has 0 unspecified atom stereocenters. The molecule has 0 aliphatic carbocycles. The summed E-state index contributed by atoms with van der Waals surface area (Å²) in [5, 5.41) is 0. The van der Waals surface area contributed by atoms with Gasteiger partial charge in [-0.15, -0.1) is 0 Å². The second kappa shape index (κ2) is 4.13. The first-order chi connectivity index (χ1) is 8.33. The van der Waals surface area contributed by atoms with Crippen LogP contribution in [0, 0.1) is 6.92 Å². The van der Waals surface area contributed by atoms with Gasteiger partial charge in [0, 0.05) is 12.1 Å². The van der Waals surface area contributed by atoms with Crippen molar-refractivity contribution >= 4 is 0 Å². The number of aromatic amines is 1. The SMILES string of the molecule is Cc1[nH]cnc1Cc1ccc2c(c1)OCCO2. The number of aromatic nitrogens is 2. The molecule has 1 N–H and O–H groups in total. The molecule has 0 bridgehead atoms. The molecule has 4 heteroatoms. The lowest BCUT2D eigenvalue weighted by molar-refractivity contribution is 0.171. The van der Waals surface area contributed by atoms with Gasteiger partial charge in [-0.2, -0.15) is 0 Å². The van der Waals surface area contributed by atoms with Gasteiger partial charge in [0.05, 0.1) is 12.0 Å². The van der Waals surface area contributed by atoms with E-state index in [0.717, 1.165) is 29.3 Å². The van der Waals surface area contributed by atoms with Crippen LogP contribution in [0.1, 0.15) is 17.0 Å². The Bertz CT molecular complexity index is 534. The first-order valence-corrected chi connectivity index (χ1v) is 5.70. The van der Waals surface area contributed by atoms with Crippen LogP contribution in [0.3, 0.4) is 0 Å². The van der Waals surface area contributed by atoms with E-state index in [1.54, 1.807) is 6.33 Å². The van der Waals surface area contributed by atoms with Gasteiger partial charge in [0.15, 0.2) is 11.5 Å². The van der Waals surface area contributed by atoms with Gasteiger partial charge in [0.25, 0.3) is 0 Å². The van der Waals surface area contributed by atoms with Crippen LogP contribution in [-0.2, 0) is 6.42 Å².